The Labute approximate surface area is 83.3 Å². The van der Waals surface area contributed by atoms with Crippen molar-refractivity contribution < 1.29 is 5.11 Å². The summed E-state index contributed by atoms with van der Waals surface area (Å²) in [5.41, 5.74) is 7.28. The molecule has 0 aromatic heterocycles. The number of hydrogen-bond donors (Lipinski definition) is 2. The highest BCUT2D eigenvalue weighted by Gasteiger charge is 2.08. The molecule has 0 heterocycles. The first-order valence-electron chi connectivity index (χ1n) is 4.29. The number of benzene rings is 1. The van der Waals surface area contributed by atoms with Crippen LogP contribution in [0.1, 0.15) is 23.7 Å². The lowest BCUT2D eigenvalue weighted by molar-refractivity contribution is 0.169. The summed E-state index contributed by atoms with van der Waals surface area (Å²) in [4.78, 5) is 0. The maximum absolute atomic E-state index is 9.67. The molecule has 3 N–H and O–H groups in total. The summed E-state index contributed by atoms with van der Waals surface area (Å²) < 4.78 is 0. The van der Waals surface area contributed by atoms with E-state index < -0.39 is 6.10 Å². The monoisotopic (exact) mass is 199 g/mol. The van der Waals surface area contributed by atoms with Crippen LogP contribution in [0.2, 0.25) is 5.02 Å². The van der Waals surface area contributed by atoms with Crippen LogP contribution in [-0.2, 0) is 0 Å². The Morgan fingerprint density at radius 3 is 2.77 bits per heavy atom. The average molecular weight is 200 g/mol. The molecule has 0 spiro atoms. The van der Waals surface area contributed by atoms with E-state index in [0.29, 0.717) is 18.0 Å². The molecule has 2 nitrogen and oxygen atoms in total. The minimum atomic E-state index is -0.470. The predicted octanol–water partition coefficient (Wildman–Crippen LogP) is 2.03. The number of aryl methyl sites for hydroxylation is 1. The Morgan fingerprint density at radius 1 is 1.54 bits per heavy atom. The minimum absolute atomic E-state index is 0.470. The molecule has 72 valence electrons. The van der Waals surface area contributed by atoms with Crippen LogP contribution in [0.25, 0.3) is 0 Å². The van der Waals surface area contributed by atoms with Gasteiger partial charge in [0.2, 0.25) is 0 Å². The Balaban J connectivity index is 2.88. The summed E-state index contributed by atoms with van der Waals surface area (Å²) in [5, 5.41) is 10.4. The quantitative estimate of drug-likeness (QED) is 0.783. The van der Waals surface area contributed by atoms with Gasteiger partial charge in [0.25, 0.3) is 0 Å². The summed E-state index contributed by atoms with van der Waals surface area (Å²) in [5.74, 6) is 0. The lowest BCUT2D eigenvalue weighted by Gasteiger charge is -2.12. The van der Waals surface area contributed by atoms with Crippen molar-refractivity contribution in [3.63, 3.8) is 0 Å². The van der Waals surface area contributed by atoms with Gasteiger partial charge in [-0.1, -0.05) is 17.7 Å². The van der Waals surface area contributed by atoms with Gasteiger partial charge in [-0.05, 0) is 43.1 Å². The molecule has 0 saturated carbocycles. The van der Waals surface area contributed by atoms with Gasteiger partial charge < -0.3 is 10.8 Å². The van der Waals surface area contributed by atoms with Crippen LogP contribution in [0.4, 0.5) is 0 Å². The van der Waals surface area contributed by atoms with Crippen molar-refractivity contribution in [2.24, 2.45) is 5.73 Å². The fraction of sp³-hybridized carbons (Fsp3) is 0.400. The van der Waals surface area contributed by atoms with Crippen LogP contribution in [0.5, 0.6) is 0 Å². The molecule has 3 heteroatoms. The van der Waals surface area contributed by atoms with E-state index in [1.54, 1.807) is 6.07 Å². The van der Waals surface area contributed by atoms with Crippen LogP contribution >= 0.6 is 11.6 Å². The molecular formula is C10H14ClNO. The van der Waals surface area contributed by atoms with Crippen LogP contribution in [-0.4, -0.2) is 11.7 Å². The molecule has 1 aromatic carbocycles. The second-order valence-corrected chi connectivity index (χ2v) is 3.53. The van der Waals surface area contributed by atoms with Gasteiger partial charge in [-0.3, -0.25) is 0 Å². The van der Waals surface area contributed by atoms with Crippen LogP contribution in [0.3, 0.4) is 0 Å². The zero-order valence-corrected chi connectivity index (χ0v) is 8.38. The van der Waals surface area contributed by atoms with E-state index in [9.17, 15) is 5.11 Å². The van der Waals surface area contributed by atoms with Gasteiger partial charge in [-0.25, -0.2) is 0 Å². The van der Waals surface area contributed by atoms with E-state index in [1.165, 1.54) is 0 Å². The summed E-state index contributed by atoms with van der Waals surface area (Å²) in [6.45, 7) is 2.42. The van der Waals surface area contributed by atoms with E-state index in [4.69, 9.17) is 17.3 Å². The molecule has 13 heavy (non-hydrogen) atoms. The molecule has 0 aliphatic rings. The second kappa shape index (κ2) is 4.61. The molecule has 0 bridgehead atoms. The first-order chi connectivity index (χ1) is 6.15. The van der Waals surface area contributed by atoms with Gasteiger partial charge in [0.05, 0.1) is 6.10 Å². The third-order valence-corrected chi connectivity index (χ3v) is 2.27. The highest BCUT2D eigenvalue weighted by atomic mass is 35.5. The maximum atomic E-state index is 9.67. The smallest absolute Gasteiger partial charge is 0.0804 e. The molecule has 0 aliphatic heterocycles. The van der Waals surface area contributed by atoms with Gasteiger partial charge in [-0.15, -0.1) is 0 Å². The Kier molecular flexibility index (Phi) is 3.72. The van der Waals surface area contributed by atoms with E-state index in [1.807, 2.05) is 19.1 Å². The Morgan fingerprint density at radius 2 is 2.23 bits per heavy atom. The van der Waals surface area contributed by atoms with E-state index >= 15 is 0 Å². The second-order valence-electron chi connectivity index (χ2n) is 3.09. The van der Waals surface area contributed by atoms with Crippen molar-refractivity contribution in [2.45, 2.75) is 19.4 Å². The van der Waals surface area contributed by atoms with E-state index in [0.717, 1.165) is 11.1 Å². The number of halogens is 1. The molecule has 1 atom stereocenters. The van der Waals surface area contributed by atoms with E-state index in [-0.39, 0.29) is 0 Å². The number of hydrogen-bond acceptors (Lipinski definition) is 2. The molecule has 0 aliphatic carbocycles. The molecule has 0 saturated heterocycles. The summed E-state index contributed by atoms with van der Waals surface area (Å²) >= 11 is 5.79. The van der Waals surface area contributed by atoms with Crippen LogP contribution < -0.4 is 5.73 Å². The fourth-order valence-electron chi connectivity index (χ4n) is 1.33. The summed E-state index contributed by atoms with van der Waals surface area (Å²) in [6.07, 6.45) is 0.116. The number of nitrogens with two attached hydrogens (primary N) is 1. The normalized spacial score (nSPS) is 12.9. The number of aliphatic hydroxyl groups is 1. The van der Waals surface area contributed by atoms with Crippen molar-refractivity contribution in [1.29, 1.82) is 0 Å². The molecule has 1 aromatic rings. The van der Waals surface area contributed by atoms with Crippen molar-refractivity contribution in [3.8, 4) is 0 Å². The Bertz CT molecular complexity index is 288. The number of aliphatic hydroxyl groups excluding tert-OH is 1. The molecule has 0 fully saturated rings. The predicted molar refractivity (Wildman–Crippen MR) is 54.8 cm³/mol. The minimum Gasteiger partial charge on any atom is -0.388 e. The SMILES string of the molecule is Cc1cc(Cl)ccc1[C@@H](O)CCN. The summed E-state index contributed by atoms with van der Waals surface area (Å²) in [6, 6.07) is 5.47. The standard InChI is InChI=1S/C10H14ClNO/c1-7-6-8(11)2-3-9(7)10(13)4-5-12/h2-3,6,10,13H,4-5,12H2,1H3/t10-/m0/s1. The molecule has 0 unspecified atom stereocenters. The van der Waals surface area contributed by atoms with Gasteiger partial charge >= 0.3 is 0 Å². The third kappa shape index (κ3) is 2.69. The van der Waals surface area contributed by atoms with Crippen LogP contribution in [0, 0.1) is 6.92 Å². The number of rotatable bonds is 3. The largest absolute Gasteiger partial charge is 0.388 e. The van der Waals surface area contributed by atoms with Crippen LogP contribution in [0.15, 0.2) is 18.2 Å². The lowest BCUT2D eigenvalue weighted by Crippen LogP contribution is -2.07. The topological polar surface area (TPSA) is 46.2 Å². The molecule has 0 amide bonds. The van der Waals surface area contributed by atoms with Crippen molar-refractivity contribution in [2.75, 3.05) is 6.54 Å². The molecule has 1 rings (SSSR count). The Hall–Kier alpha value is -0.570. The van der Waals surface area contributed by atoms with Crippen molar-refractivity contribution >= 4 is 11.6 Å². The van der Waals surface area contributed by atoms with Gasteiger partial charge in [0, 0.05) is 5.02 Å². The fourth-order valence-corrected chi connectivity index (χ4v) is 1.55. The van der Waals surface area contributed by atoms with Crippen molar-refractivity contribution in [1.82, 2.24) is 0 Å². The average Bonchev–Trinajstić information content (AvgIpc) is 2.04. The maximum Gasteiger partial charge on any atom is 0.0804 e. The highest BCUT2D eigenvalue weighted by Crippen LogP contribution is 2.22. The molecule has 0 radical (unpaired) electrons. The first-order valence-corrected chi connectivity index (χ1v) is 4.67. The van der Waals surface area contributed by atoms with Gasteiger partial charge in [-0.2, -0.15) is 0 Å². The van der Waals surface area contributed by atoms with Crippen molar-refractivity contribution in [3.05, 3.63) is 34.3 Å². The lowest BCUT2D eigenvalue weighted by atomic mass is 10.0. The van der Waals surface area contributed by atoms with Gasteiger partial charge in [0.15, 0.2) is 0 Å². The highest BCUT2D eigenvalue weighted by molar-refractivity contribution is 6.30. The van der Waals surface area contributed by atoms with Gasteiger partial charge in [0.1, 0.15) is 0 Å². The first kappa shape index (κ1) is 10.5. The zero-order valence-electron chi connectivity index (χ0n) is 7.63. The third-order valence-electron chi connectivity index (χ3n) is 2.03. The molecular weight excluding hydrogens is 186 g/mol. The van der Waals surface area contributed by atoms with E-state index in [2.05, 4.69) is 0 Å². The zero-order chi connectivity index (χ0) is 9.84. The summed E-state index contributed by atoms with van der Waals surface area (Å²) in [7, 11) is 0.